The van der Waals surface area contributed by atoms with Gasteiger partial charge < -0.3 is 10.4 Å². The zero-order chi connectivity index (χ0) is 11.4. The Morgan fingerprint density at radius 3 is 3.25 bits per heavy atom. The molecule has 0 aliphatic rings. The van der Waals surface area contributed by atoms with Gasteiger partial charge in [0.25, 0.3) is 0 Å². The minimum atomic E-state index is 0.883. The summed E-state index contributed by atoms with van der Waals surface area (Å²) in [5.41, 5.74) is 4.66. The molecule has 0 aliphatic heterocycles. The molecule has 4 nitrogen and oxygen atoms in total. The highest BCUT2D eigenvalue weighted by Gasteiger charge is 2.01. The van der Waals surface area contributed by atoms with E-state index in [-0.39, 0.29) is 0 Å². The third-order valence-corrected chi connectivity index (χ3v) is 2.53. The summed E-state index contributed by atoms with van der Waals surface area (Å²) < 4.78 is 0.971. The number of pyridine rings is 1. The minimum absolute atomic E-state index is 0.883. The van der Waals surface area contributed by atoms with Gasteiger partial charge in [-0.15, -0.1) is 0 Å². The predicted molar refractivity (Wildman–Crippen MR) is 70.4 cm³/mol. The lowest BCUT2D eigenvalue weighted by atomic mass is 10.2. The van der Waals surface area contributed by atoms with Crippen LogP contribution < -0.4 is 5.43 Å². The van der Waals surface area contributed by atoms with Crippen molar-refractivity contribution in [1.29, 1.82) is 0 Å². The molecule has 0 fully saturated rings. The van der Waals surface area contributed by atoms with Gasteiger partial charge in [0, 0.05) is 41.1 Å². The number of hydrogen-bond donors (Lipinski definition) is 2. The molecule has 2 N–H and O–H groups in total. The summed E-state index contributed by atoms with van der Waals surface area (Å²) in [5.74, 6) is 0. The predicted octanol–water partition coefficient (Wildman–Crippen LogP) is 2.54. The molecule has 2 aromatic heterocycles. The summed E-state index contributed by atoms with van der Waals surface area (Å²) in [7, 11) is 1.76. The Kier molecular flexibility index (Phi) is 3.36. The number of hydrogen-bond acceptors (Lipinski definition) is 3. The summed E-state index contributed by atoms with van der Waals surface area (Å²) in [6.45, 7) is 0. The number of nitrogens with one attached hydrogen (secondary N) is 2. The molecule has 2 rings (SSSR count). The summed E-state index contributed by atoms with van der Waals surface area (Å²) in [6.07, 6.45) is 9.25. The van der Waals surface area contributed by atoms with Crippen molar-refractivity contribution in [3.8, 4) is 0 Å². The third kappa shape index (κ3) is 2.30. The third-order valence-electron chi connectivity index (χ3n) is 2.10. The molecule has 16 heavy (non-hydrogen) atoms. The standard InChI is InChI=1S/C11H11BrN4/c1-13-16-4-2-3-8-6-14-11-10(8)5-9(12)7-15-11/h2-7,13H,1H3,(H,14,15)/b3-2+,16-4-. The first-order valence-electron chi connectivity index (χ1n) is 4.80. The first-order valence-corrected chi connectivity index (χ1v) is 5.59. The average Bonchev–Trinajstić information content (AvgIpc) is 2.67. The van der Waals surface area contributed by atoms with Crippen molar-refractivity contribution in [3.05, 3.63) is 34.6 Å². The van der Waals surface area contributed by atoms with E-state index < -0.39 is 0 Å². The van der Waals surface area contributed by atoms with E-state index in [4.69, 9.17) is 0 Å². The highest BCUT2D eigenvalue weighted by Crippen LogP contribution is 2.21. The SMILES string of the molecule is CN/N=C\C=C\c1c[nH]c2ncc(Br)cc12. The number of halogens is 1. The van der Waals surface area contributed by atoms with Gasteiger partial charge in [-0.3, -0.25) is 0 Å². The van der Waals surface area contributed by atoms with Crippen LogP contribution >= 0.6 is 15.9 Å². The zero-order valence-corrected chi connectivity index (χ0v) is 10.3. The number of rotatable bonds is 3. The van der Waals surface area contributed by atoms with Crippen LogP contribution in [0.1, 0.15) is 5.56 Å². The monoisotopic (exact) mass is 278 g/mol. The van der Waals surface area contributed by atoms with Gasteiger partial charge in [0.05, 0.1) is 0 Å². The summed E-state index contributed by atoms with van der Waals surface area (Å²) in [5, 5.41) is 4.96. The number of fused-ring (bicyclic) bond motifs is 1. The fourth-order valence-corrected chi connectivity index (χ4v) is 1.73. The van der Waals surface area contributed by atoms with Crippen LogP contribution in [0.25, 0.3) is 17.1 Å². The summed E-state index contributed by atoms with van der Waals surface area (Å²) in [6, 6.07) is 2.04. The molecule has 0 atom stereocenters. The van der Waals surface area contributed by atoms with Crippen molar-refractivity contribution in [2.24, 2.45) is 5.10 Å². The van der Waals surface area contributed by atoms with Crippen LogP contribution in [0.15, 0.2) is 34.1 Å². The number of aromatic nitrogens is 2. The Balaban J connectivity index is 2.34. The molecule has 0 amide bonds. The molecule has 0 unspecified atom stereocenters. The van der Waals surface area contributed by atoms with Gasteiger partial charge in [0.15, 0.2) is 0 Å². The van der Waals surface area contributed by atoms with E-state index >= 15 is 0 Å². The van der Waals surface area contributed by atoms with Crippen LogP contribution in [0, 0.1) is 0 Å². The highest BCUT2D eigenvalue weighted by molar-refractivity contribution is 9.10. The van der Waals surface area contributed by atoms with Crippen molar-refractivity contribution in [2.75, 3.05) is 7.05 Å². The second-order valence-corrected chi connectivity index (χ2v) is 4.07. The Bertz CT molecular complexity index is 542. The molecule has 0 radical (unpaired) electrons. The van der Waals surface area contributed by atoms with E-state index in [1.807, 2.05) is 24.4 Å². The molecule has 2 aromatic rings. The van der Waals surface area contributed by atoms with E-state index in [0.717, 1.165) is 21.1 Å². The summed E-state index contributed by atoms with van der Waals surface area (Å²) in [4.78, 5) is 7.38. The second kappa shape index (κ2) is 4.94. The first kappa shape index (κ1) is 10.9. The van der Waals surface area contributed by atoms with Gasteiger partial charge in [-0.2, -0.15) is 5.10 Å². The van der Waals surface area contributed by atoms with Gasteiger partial charge in [-0.1, -0.05) is 6.08 Å². The minimum Gasteiger partial charge on any atom is -0.346 e. The van der Waals surface area contributed by atoms with E-state index in [2.05, 4.69) is 36.4 Å². The van der Waals surface area contributed by atoms with Crippen LogP contribution in [0.3, 0.4) is 0 Å². The molecular weight excluding hydrogens is 268 g/mol. The second-order valence-electron chi connectivity index (χ2n) is 3.15. The fourth-order valence-electron chi connectivity index (χ4n) is 1.40. The Labute approximate surface area is 102 Å². The molecular formula is C11H11BrN4. The molecule has 0 aliphatic carbocycles. The van der Waals surface area contributed by atoms with Crippen molar-refractivity contribution >= 4 is 39.3 Å². The maximum absolute atomic E-state index is 4.26. The van der Waals surface area contributed by atoms with Gasteiger partial charge >= 0.3 is 0 Å². The Hall–Kier alpha value is -1.62. The normalized spacial score (nSPS) is 11.9. The number of H-pyrrole nitrogens is 1. The smallest absolute Gasteiger partial charge is 0.137 e. The van der Waals surface area contributed by atoms with Crippen LogP contribution in [-0.2, 0) is 0 Å². The van der Waals surface area contributed by atoms with E-state index in [9.17, 15) is 0 Å². The zero-order valence-electron chi connectivity index (χ0n) is 8.74. The van der Waals surface area contributed by atoms with Crippen LogP contribution in [0.2, 0.25) is 0 Å². The number of nitrogens with zero attached hydrogens (tertiary/aromatic N) is 2. The van der Waals surface area contributed by atoms with Crippen molar-refractivity contribution in [3.63, 3.8) is 0 Å². The van der Waals surface area contributed by atoms with Crippen LogP contribution in [0.4, 0.5) is 0 Å². The Morgan fingerprint density at radius 1 is 1.56 bits per heavy atom. The van der Waals surface area contributed by atoms with E-state index in [1.165, 1.54) is 0 Å². The van der Waals surface area contributed by atoms with E-state index in [1.54, 1.807) is 19.5 Å². The molecule has 0 aromatic carbocycles. The van der Waals surface area contributed by atoms with Gasteiger partial charge in [0.1, 0.15) is 5.65 Å². The Morgan fingerprint density at radius 2 is 2.44 bits per heavy atom. The van der Waals surface area contributed by atoms with Crippen molar-refractivity contribution in [1.82, 2.24) is 15.4 Å². The topological polar surface area (TPSA) is 53.1 Å². The van der Waals surface area contributed by atoms with E-state index in [0.29, 0.717) is 0 Å². The molecule has 2 heterocycles. The molecule has 0 saturated carbocycles. The fraction of sp³-hybridized carbons (Fsp3) is 0.0909. The van der Waals surface area contributed by atoms with Crippen molar-refractivity contribution in [2.45, 2.75) is 0 Å². The molecule has 5 heteroatoms. The number of aromatic amines is 1. The van der Waals surface area contributed by atoms with Crippen LogP contribution in [0.5, 0.6) is 0 Å². The highest BCUT2D eigenvalue weighted by atomic mass is 79.9. The largest absolute Gasteiger partial charge is 0.346 e. The lowest BCUT2D eigenvalue weighted by Gasteiger charge is -1.92. The lowest BCUT2D eigenvalue weighted by molar-refractivity contribution is 0.909. The average molecular weight is 279 g/mol. The summed E-state index contributed by atoms with van der Waals surface area (Å²) >= 11 is 3.41. The van der Waals surface area contributed by atoms with Crippen molar-refractivity contribution < 1.29 is 0 Å². The van der Waals surface area contributed by atoms with Gasteiger partial charge in [-0.25, -0.2) is 4.98 Å². The molecule has 0 bridgehead atoms. The van der Waals surface area contributed by atoms with Crippen LogP contribution in [-0.4, -0.2) is 23.2 Å². The lowest BCUT2D eigenvalue weighted by Crippen LogP contribution is -1.91. The first-order chi connectivity index (χ1) is 7.81. The molecule has 0 saturated heterocycles. The van der Waals surface area contributed by atoms with Gasteiger partial charge in [0.2, 0.25) is 0 Å². The maximum Gasteiger partial charge on any atom is 0.137 e. The quantitative estimate of drug-likeness (QED) is 0.670. The van der Waals surface area contributed by atoms with Gasteiger partial charge in [-0.05, 0) is 28.1 Å². The number of hydrazone groups is 1. The number of allylic oxidation sites excluding steroid dienone is 1. The molecule has 82 valence electrons. The molecule has 0 spiro atoms. The maximum atomic E-state index is 4.26.